The summed E-state index contributed by atoms with van der Waals surface area (Å²) >= 11 is 0. The predicted octanol–water partition coefficient (Wildman–Crippen LogP) is 2.83. The van der Waals surface area contributed by atoms with E-state index in [1.54, 1.807) is 31.2 Å². The zero-order valence-corrected chi connectivity index (χ0v) is 18.9. The molecule has 33 heavy (non-hydrogen) atoms. The normalized spacial score (nSPS) is 20.0. The summed E-state index contributed by atoms with van der Waals surface area (Å²) in [5.74, 6) is -0.819. The van der Waals surface area contributed by atoms with Gasteiger partial charge in [-0.15, -0.1) is 0 Å². The van der Waals surface area contributed by atoms with Gasteiger partial charge in [0, 0.05) is 32.7 Å². The topological polar surface area (TPSA) is 70.2 Å². The monoisotopic (exact) mass is 447 g/mol. The van der Waals surface area contributed by atoms with Crippen LogP contribution in [0, 0.1) is 0 Å². The summed E-state index contributed by atoms with van der Waals surface area (Å²) in [6.07, 6.45) is 4.47. The van der Waals surface area contributed by atoms with Gasteiger partial charge in [0.1, 0.15) is 0 Å². The van der Waals surface area contributed by atoms with Crippen LogP contribution in [0.3, 0.4) is 0 Å². The van der Waals surface area contributed by atoms with Crippen LogP contribution in [0.5, 0.6) is 0 Å². The highest BCUT2D eigenvalue weighted by molar-refractivity contribution is 6.22. The van der Waals surface area contributed by atoms with Gasteiger partial charge in [-0.05, 0) is 36.8 Å². The zero-order chi connectivity index (χ0) is 23.2. The number of amides is 2. The molecule has 0 aromatic heterocycles. The maximum Gasteiger partial charge on any atom is 0.338 e. The van der Waals surface area contributed by atoms with E-state index in [2.05, 4.69) is 34.1 Å². The zero-order valence-electron chi connectivity index (χ0n) is 18.9. The van der Waals surface area contributed by atoms with Crippen molar-refractivity contribution in [2.75, 3.05) is 44.2 Å². The number of ether oxygens (including phenoxy) is 1. The van der Waals surface area contributed by atoms with Gasteiger partial charge in [-0.2, -0.15) is 0 Å². The van der Waals surface area contributed by atoms with Gasteiger partial charge in [-0.3, -0.25) is 19.4 Å². The van der Waals surface area contributed by atoms with Gasteiger partial charge >= 0.3 is 5.97 Å². The fourth-order valence-electron chi connectivity index (χ4n) is 4.29. The van der Waals surface area contributed by atoms with Crippen molar-refractivity contribution in [1.29, 1.82) is 0 Å². The average molecular weight is 448 g/mol. The first-order valence-corrected chi connectivity index (χ1v) is 11.4. The van der Waals surface area contributed by atoms with E-state index in [4.69, 9.17) is 4.74 Å². The number of imide groups is 1. The van der Waals surface area contributed by atoms with Crippen LogP contribution in [-0.4, -0.2) is 73.0 Å². The van der Waals surface area contributed by atoms with Gasteiger partial charge in [0.25, 0.3) is 5.91 Å². The van der Waals surface area contributed by atoms with Crippen molar-refractivity contribution in [3.8, 4) is 0 Å². The molecular weight excluding hydrogens is 418 g/mol. The van der Waals surface area contributed by atoms with Gasteiger partial charge in [0.2, 0.25) is 5.91 Å². The minimum Gasteiger partial charge on any atom is -0.462 e. The number of rotatable bonds is 7. The summed E-state index contributed by atoms with van der Waals surface area (Å²) < 4.78 is 4.99. The quantitative estimate of drug-likeness (QED) is 0.480. The standard InChI is InChI=1S/C26H29N3O4/c1-2-33-26(32)21-10-12-22(13-11-21)29-24(30)19-23(25(29)31)28-17-15-27(16-18-28)14-6-9-20-7-4-3-5-8-20/h3-13,23H,2,14-19H2,1H3/b9-6+. The van der Waals surface area contributed by atoms with Crippen molar-refractivity contribution in [2.45, 2.75) is 19.4 Å². The molecule has 7 heteroatoms. The van der Waals surface area contributed by atoms with Crippen LogP contribution in [0.25, 0.3) is 6.08 Å². The first-order valence-electron chi connectivity index (χ1n) is 11.4. The molecule has 2 aromatic carbocycles. The van der Waals surface area contributed by atoms with Gasteiger partial charge in [-0.25, -0.2) is 9.69 Å². The molecule has 2 saturated heterocycles. The molecule has 0 bridgehead atoms. The number of carbonyl (C=O) groups is 3. The number of benzene rings is 2. The summed E-state index contributed by atoms with van der Waals surface area (Å²) in [6, 6.07) is 16.2. The molecule has 0 radical (unpaired) electrons. The Kier molecular flexibility index (Phi) is 7.32. The van der Waals surface area contributed by atoms with Crippen molar-refractivity contribution >= 4 is 29.5 Å². The lowest BCUT2D eigenvalue weighted by Gasteiger charge is -2.36. The summed E-state index contributed by atoms with van der Waals surface area (Å²) in [5, 5.41) is 0. The van der Waals surface area contributed by atoms with Crippen LogP contribution < -0.4 is 4.90 Å². The second-order valence-corrected chi connectivity index (χ2v) is 8.20. The Morgan fingerprint density at radius 2 is 1.70 bits per heavy atom. The maximum absolute atomic E-state index is 13.1. The Balaban J connectivity index is 1.32. The fraction of sp³-hybridized carbons (Fsp3) is 0.346. The Bertz CT molecular complexity index is 1010. The van der Waals surface area contributed by atoms with Crippen molar-refractivity contribution in [1.82, 2.24) is 9.80 Å². The molecule has 7 nitrogen and oxygen atoms in total. The molecule has 172 valence electrons. The largest absolute Gasteiger partial charge is 0.462 e. The molecule has 2 amide bonds. The molecule has 1 unspecified atom stereocenters. The van der Waals surface area contributed by atoms with Crippen LogP contribution in [0.2, 0.25) is 0 Å². The lowest BCUT2D eigenvalue weighted by molar-refractivity contribution is -0.123. The van der Waals surface area contributed by atoms with Crippen molar-refractivity contribution in [3.63, 3.8) is 0 Å². The highest BCUT2D eigenvalue weighted by atomic mass is 16.5. The van der Waals surface area contributed by atoms with E-state index in [0.29, 0.717) is 17.9 Å². The van der Waals surface area contributed by atoms with Crippen molar-refractivity contribution < 1.29 is 19.1 Å². The number of nitrogens with zero attached hydrogens (tertiary/aromatic N) is 3. The summed E-state index contributed by atoms with van der Waals surface area (Å²) in [6.45, 7) is 6.10. The molecule has 2 aliphatic heterocycles. The summed E-state index contributed by atoms with van der Waals surface area (Å²) in [7, 11) is 0. The van der Waals surface area contributed by atoms with E-state index >= 15 is 0 Å². The molecule has 1 atom stereocenters. The Labute approximate surface area is 194 Å². The van der Waals surface area contributed by atoms with Crippen LogP contribution in [0.15, 0.2) is 60.7 Å². The number of esters is 1. The lowest BCUT2D eigenvalue weighted by atomic mass is 10.1. The third-order valence-electron chi connectivity index (χ3n) is 6.08. The Morgan fingerprint density at radius 1 is 1.00 bits per heavy atom. The van der Waals surface area contributed by atoms with Crippen LogP contribution in [0.1, 0.15) is 29.3 Å². The number of piperazine rings is 1. The molecule has 0 spiro atoms. The number of carbonyl (C=O) groups excluding carboxylic acids is 3. The fourth-order valence-corrected chi connectivity index (χ4v) is 4.29. The van der Waals surface area contributed by atoms with E-state index in [1.165, 1.54) is 10.5 Å². The smallest absolute Gasteiger partial charge is 0.338 e. The maximum atomic E-state index is 13.1. The van der Waals surface area contributed by atoms with E-state index < -0.39 is 12.0 Å². The van der Waals surface area contributed by atoms with Crippen LogP contribution >= 0.6 is 0 Å². The summed E-state index contributed by atoms with van der Waals surface area (Å²) in [4.78, 5) is 43.3. The van der Waals surface area contributed by atoms with E-state index in [0.717, 1.165) is 32.7 Å². The molecule has 4 rings (SSSR count). The number of anilines is 1. The van der Waals surface area contributed by atoms with Gasteiger partial charge in [-0.1, -0.05) is 42.5 Å². The second-order valence-electron chi connectivity index (χ2n) is 8.20. The highest BCUT2D eigenvalue weighted by Gasteiger charge is 2.43. The van der Waals surface area contributed by atoms with Gasteiger partial charge in [0.05, 0.1) is 30.3 Å². The van der Waals surface area contributed by atoms with Gasteiger partial charge < -0.3 is 4.74 Å². The second kappa shape index (κ2) is 10.6. The van der Waals surface area contributed by atoms with Crippen molar-refractivity contribution in [2.24, 2.45) is 0 Å². The molecule has 0 saturated carbocycles. The molecule has 2 fully saturated rings. The van der Waals surface area contributed by atoms with E-state index in [1.807, 2.05) is 18.2 Å². The predicted molar refractivity (Wildman–Crippen MR) is 127 cm³/mol. The molecular formula is C26H29N3O4. The minimum absolute atomic E-state index is 0.187. The molecule has 2 aromatic rings. The van der Waals surface area contributed by atoms with E-state index in [9.17, 15) is 14.4 Å². The van der Waals surface area contributed by atoms with Crippen molar-refractivity contribution in [3.05, 3.63) is 71.8 Å². The SMILES string of the molecule is CCOC(=O)c1ccc(N2C(=O)CC(N3CCN(C/C=C/c4ccccc4)CC3)C2=O)cc1. The van der Waals surface area contributed by atoms with Crippen LogP contribution in [-0.2, 0) is 14.3 Å². The van der Waals surface area contributed by atoms with Gasteiger partial charge in [0.15, 0.2) is 0 Å². The molecule has 2 aliphatic rings. The lowest BCUT2D eigenvalue weighted by Crippen LogP contribution is -2.52. The van der Waals surface area contributed by atoms with E-state index in [-0.39, 0.29) is 18.2 Å². The molecule has 2 heterocycles. The third kappa shape index (κ3) is 5.38. The van der Waals surface area contributed by atoms with Crippen LogP contribution in [0.4, 0.5) is 5.69 Å². The number of hydrogen-bond donors (Lipinski definition) is 0. The molecule has 0 aliphatic carbocycles. The Morgan fingerprint density at radius 3 is 2.36 bits per heavy atom. The third-order valence-corrected chi connectivity index (χ3v) is 6.08. The minimum atomic E-state index is -0.427. The number of hydrogen-bond acceptors (Lipinski definition) is 6. The first kappa shape index (κ1) is 22.9. The average Bonchev–Trinajstić information content (AvgIpc) is 3.14. The summed E-state index contributed by atoms with van der Waals surface area (Å²) in [5.41, 5.74) is 2.07. The molecule has 0 N–H and O–H groups in total. The highest BCUT2D eigenvalue weighted by Crippen LogP contribution is 2.27. The first-order chi connectivity index (χ1) is 16.1. The Hall–Kier alpha value is -3.29.